The van der Waals surface area contributed by atoms with Gasteiger partial charge in [0.2, 0.25) is 17.7 Å². The zero-order valence-electron chi connectivity index (χ0n) is 11.7. The lowest BCUT2D eigenvalue weighted by atomic mass is 9.72. The quantitative estimate of drug-likeness (QED) is 0.706. The summed E-state index contributed by atoms with van der Waals surface area (Å²) < 4.78 is 0. The van der Waals surface area contributed by atoms with E-state index in [4.69, 9.17) is 5.73 Å². The van der Waals surface area contributed by atoms with Crippen LogP contribution in [0.1, 0.15) is 32.1 Å². The molecule has 116 valence electrons. The number of rotatable bonds is 5. The summed E-state index contributed by atoms with van der Waals surface area (Å²) >= 11 is 0.955. The molecule has 1 aliphatic heterocycles. The zero-order valence-corrected chi connectivity index (χ0v) is 12.5. The first kappa shape index (κ1) is 15.8. The molecule has 0 bridgehead atoms. The predicted molar refractivity (Wildman–Crippen MR) is 77.3 cm³/mol. The molecule has 2 rings (SSSR count). The summed E-state index contributed by atoms with van der Waals surface area (Å²) in [7, 11) is 0. The highest BCUT2D eigenvalue weighted by molar-refractivity contribution is 8.14. The molecule has 3 N–H and O–H groups in total. The maximum absolute atomic E-state index is 12.3. The van der Waals surface area contributed by atoms with Crippen molar-refractivity contribution in [3.05, 3.63) is 0 Å². The number of hydrogen-bond donors (Lipinski definition) is 2. The van der Waals surface area contributed by atoms with Gasteiger partial charge in [0.15, 0.2) is 0 Å². The van der Waals surface area contributed by atoms with Crippen LogP contribution in [-0.4, -0.2) is 46.7 Å². The first-order chi connectivity index (χ1) is 9.97. The number of amides is 4. The Labute approximate surface area is 127 Å². The van der Waals surface area contributed by atoms with Crippen molar-refractivity contribution in [3.63, 3.8) is 0 Å². The Hall–Kier alpha value is -1.57. The first-order valence-electron chi connectivity index (χ1n) is 7.03. The van der Waals surface area contributed by atoms with Crippen LogP contribution in [-0.2, 0) is 14.4 Å². The lowest BCUT2D eigenvalue weighted by Gasteiger charge is -2.32. The van der Waals surface area contributed by atoms with Crippen LogP contribution in [0.5, 0.6) is 0 Å². The van der Waals surface area contributed by atoms with Gasteiger partial charge in [-0.15, -0.1) is 0 Å². The normalized spacial score (nSPS) is 21.4. The number of carbonyl (C=O) groups is 4. The van der Waals surface area contributed by atoms with Crippen LogP contribution in [0.3, 0.4) is 0 Å². The maximum atomic E-state index is 12.3. The fraction of sp³-hybridized carbons (Fsp3) is 0.692. The molecule has 0 aromatic rings. The topological polar surface area (TPSA) is 110 Å². The van der Waals surface area contributed by atoms with Gasteiger partial charge < -0.3 is 11.1 Å². The third kappa shape index (κ3) is 3.20. The molecule has 4 amide bonds. The molecule has 0 aromatic heterocycles. The van der Waals surface area contributed by atoms with E-state index in [1.807, 2.05) is 0 Å². The largest absolute Gasteiger partial charge is 0.369 e. The van der Waals surface area contributed by atoms with Crippen molar-refractivity contribution < 1.29 is 19.2 Å². The van der Waals surface area contributed by atoms with E-state index in [0.717, 1.165) is 35.9 Å². The average Bonchev–Trinajstić information content (AvgIpc) is 2.79. The maximum Gasteiger partial charge on any atom is 0.288 e. The van der Waals surface area contributed by atoms with Crippen molar-refractivity contribution in [2.75, 3.05) is 18.8 Å². The molecule has 0 aromatic carbocycles. The van der Waals surface area contributed by atoms with Crippen LogP contribution in [0.4, 0.5) is 4.79 Å². The monoisotopic (exact) mass is 313 g/mol. The number of hydrogen-bond acceptors (Lipinski definition) is 5. The highest BCUT2D eigenvalue weighted by Crippen LogP contribution is 2.36. The Morgan fingerprint density at radius 3 is 2.43 bits per heavy atom. The summed E-state index contributed by atoms with van der Waals surface area (Å²) in [6, 6.07) is 0. The fourth-order valence-electron chi connectivity index (χ4n) is 2.79. The SMILES string of the molecule is NC(=O)C1(C(=O)NCCN2C(=O)CSC2=O)CCCCC1. The lowest BCUT2D eigenvalue weighted by molar-refractivity contribution is -0.144. The van der Waals surface area contributed by atoms with Crippen LogP contribution in [0.2, 0.25) is 0 Å². The van der Waals surface area contributed by atoms with E-state index in [0.29, 0.717) is 12.8 Å². The van der Waals surface area contributed by atoms with Gasteiger partial charge >= 0.3 is 0 Å². The standard InChI is InChI=1S/C13H19N3O4S/c14-10(18)13(4-2-1-3-5-13)11(19)15-6-7-16-9(17)8-21-12(16)20/h1-8H2,(H2,14,18)(H,15,19). The van der Waals surface area contributed by atoms with Gasteiger partial charge in [0.1, 0.15) is 5.41 Å². The molecule has 0 radical (unpaired) electrons. The van der Waals surface area contributed by atoms with E-state index < -0.39 is 11.3 Å². The van der Waals surface area contributed by atoms with Crippen molar-refractivity contribution in [2.45, 2.75) is 32.1 Å². The van der Waals surface area contributed by atoms with Crippen LogP contribution in [0.15, 0.2) is 0 Å². The molecule has 2 aliphatic rings. The summed E-state index contributed by atoms with van der Waals surface area (Å²) in [6.07, 6.45) is 3.53. The number of imide groups is 1. The van der Waals surface area contributed by atoms with E-state index in [2.05, 4.69) is 5.32 Å². The second-order valence-corrected chi connectivity index (χ2v) is 6.29. The Morgan fingerprint density at radius 2 is 1.90 bits per heavy atom. The summed E-state index contributed by atoms with van der Waals surface area (Å²) in [6.45, 7) is 0.275. The molecule has 1 aliphatic carbocycles. The van der Waals surface area contributed by atoms with Crippen molar-refractivity contribution in [3.8, 4) is 0 Å². The predicted octanol–water partition coefficient (Wildman–Crippen LogP) is 0.234. The van der Waals surface area contributed by atoms with Gasteiger partial charge in [0, 0.05) is 13.1 Å². The Bertz CT molecular complexity index is 458. The van der Waals surface area contributed by atoms with Crippen LogP contribution in [0, 0.1) is 5.41 Å². The van der Waals surface area contributed by atoms with Crippen LogP contribution in [0.25, 0.3) is 0 Å². The Balaban J connectivity index is 1.89. The lowest BCUT2D eigenvalue weighted by Crippen LogP contribution is -2.52. The smallest absolute Gasteiger partial charge is 0.288 e. The van der Waals surface area contributed by atoms with Gasteiger partial charge in [-0.3, -0.25) is 24.1 Å². The molecule has 0 spiro atoms. The molecule has 1 saturated carbocycles. The van der Waals surface area contributed by atoms with Gasteiger partial charge in [-0.25, -0.2) is 0 Å². The third-order valence-corrected chi connectivity index (χ3v) is 4.93. The number of nitrogens with two attached hydrogens (primary N) is 1. The fourth-order valence-corrected chi connectivity index (χ4v) is 3.54. The molecular weight excluding hydrogens is 294 g/mol. The average molecular weight is 313 g/mol. The molecule has 2 fully saturated rings. The van der Waals surface area contributed by atoms with Crippen molar-refractivity contribution in [2.24, 2.45) is 11.1 Å². The Kier molecular flexibility index (Phi) is 4.87. The van der Waals surface area contributed by atoms with Gasteiger partial charge in [0.25, 0.3) is 5.24 Å². The number of thioether (sulfide) groups is 1. The number of carbonyl (C=O) groups excluding carboxylic acids is 4. The molecule has 8 heteroatoms. The summed E-state index contributed by atoms with van der Waals surface area (Å²) in [5, 5.41) is 2.35. The van der Waals surface area contributed by atoms with E-state index in [1.54, 1.807) is 0 Å². The molecule has 1 heterocycles. The van der Waals surface area contributed by atoms with Crippen LogP contribution >= 0.6 is 11.8 Å². The molecule has 21 heavy (non-hydrogen) atoms. The minimum atomic E-state index is -1.13. The van der Waals surface area contributed by atoms with E-state index in [9.17, 15) is 19.2 Å². The minimum Gasteiger partial charge on any atom is -0.369 e. The summed E-state index contributed by atoms with van der Waals surface area (Å²) in [4.78, 5) is 47.9. The van der Waals surface area contributed by atoms with Gasteiger partial charge in [0.05, 0.1) is 5.75 Å². The summed E-state index contributed by atoms with van der Waals surface area (Å²) in [5.41, 5.74) is 4.29. The Morgan fingerprint density at radius 1 is 1.24 bits per heavy atom. The van der Waals surface area contributed by atoms with Gasteiger partial charge in [-0.1, -0.05) is 31.0 Å². The van der Waals surface area contributed by atoms with E-state index in [-0.39, 0.29) is 35.9 Å². The molecular formula is C13H19N3O4S. The van der Waals surface area contributed by atoms with Crippen LogP contribution < -0.4 is 11.1 Å². The summed E-state index contributed by atoms with van der Waals surface area (Å²) in [5.74, 6) is -1.08. The highest BCUT2D eigenvalue weighted by atomic mass is 32.2. The van der Waals surface area contributed by atoms with E-state index >= 15 is 0 Å². The highest BCUT2D eigenvalue weighted by Gasteiger charge is 2.44. The second-order valence-electron chi connectivity index (χ2n) is 5.36. The van der Waals surface area contributed by atoms with Gasteiger partial charge in [-0.05, 0) is 12.8 Å². The second kappa shape index (κ2) is 6.46. The van der Waals surface area contributed by atoms with Crippen molar-refractivity contribution >= 4 is 34.7 Å². The zero-order chi connectivity index (χ0) is 15.5. The first-order valence-corrected chi connectivity index (χ1v) is 8.01. The molecule has 1 saturated heterocycles. The minimum absolute atomic E-state index is 0.130. The van der Waals surface area contributed by atoms with Crippen molar-refractivity contribution in [1.29, 1.82) is 0 Å². The molecule has 0 unspecified atom stereocenters. The molecule has 0 atom stereocenters. The van der Waals surface area contributed by atoms with E-state index in [1.165, 1.54) is 0 Å². The third-order valence-electron chi connectivity index (χ3n) is 4.07. The number of primary amides is 1. The number of nitrogens with zero attached hydrogens (tertiary/aromatic N) is 1. The van der Waals surface area contributed by atoms with Gasteiger partial charge in [-0.2, -0.15) is 0 Å². The van der Waals surface area contributed by atoms with Crippen molar-refractivity contribution in [1.82, 2.24) is 10.2 Å². The number of nitrogens with one attached hydrogen (secondary N) is 1. The molecule has 7 nitrogen and oxygen atoms in total.